The largest absolute Gasteiger partial charge is 0.330 e. The van der Waals surface area contributed by atoms with Gasteiger partial charge in [-0.15, -0.1) is 0 Å². The second-order valence-corrected chi connectivity index (χ2v) is 3.78. The molecular formula is C9H10BrFN2O2. The zero-order valence-electron chi connectivity index (χ0n) is 7.82. The third-order valence-electron chi connectivity index (χ3n) is 1.96. The maximum atomic E-state index is 13.5. The standard InChI is InChI=1S/C9H10BrFN2O2/c10-9-6(7(11)4-5-12)2-1-3-8(9)13(14)15/h1-3,7H,4-5,12H2. The molecule has 0 radical (unpaired) electrons. The molecule has 0 bridgehead atoms. The van der Waals surface area contributed by atoms with Crippen LogP contribution in [0.4, 0.5) is 10.1 Å². The molecule has 0 aromatic heterocycles. The highest BCUT2D eigenvalue weighted by Crippen LogP contribution is 2.34. The maximum Gasteiger partial charge on any atom is 0.283 e. The molecule has 0 amide bonds. The lowest BCUT2D eigenvalue weighted by molar-refractivity contribution is -0.385. The molecule has 82 valence electrons. The molecule has 4 nitrogen and oxygen atoms in total. The third kappa shape index (κ3) is 2.73. The van der Waals surface area contributed by atoms with Gasteiger partial charge in [-0.1, -0.05) is 12.1 Å². The molecule has 6 heteroatoms. The van der Waals surface area contributed by atoms with Crippen LogP contribution in [0.1, 0.15) is 18.2 Å². The van der Waals surface area contributed by atoms with Crippen molar-refractivity contribution in [1.29, 1.82) is 0 Å². The molecule has 1 aromatic carbocycles. The highest BCUT2D eigenvalue weighted by Gasteiger charge is 2.20. The van der Waals surface area contributed by atoms with Crippen molar-refractivity contribution in [2.24, 2.45) is 5.73 Å². The van der Waals surface area contributed by atoms with Crippen LogP contribution >= 0.6 is 15.9 Å². The summed E-state index contributed by atoms with van der Waals surface area (Å²) in [6.07, 6.45) is -1.12. The molecule has 1 unspecified atom stereocenters. The first-order chi connectivity index (χ1) is 7.07. The first kappa shape index (κ1) is 12.1. The van der Waals surface area contributed by atoms with Crippen molar-refractivity contribution in [3.8, 4) is 0 Å². The second-order valence-electron chi connectivity index (χ2n) is 2.98. The number of benzene rings is 1. The zero-order valence-corrected chi connectivity index (χ0v) is 9.41. The Morgan fingerprint density at radius 3 is 2.80 bits per heavy atom. The normalized spacial score (nSPS) is 12.5. The lowest BCUT2D eigenvalue weighted by Gasteiger charge is -2.08. The molecule has 15 heavy (non-hydrogen) atoms. The summed E-state index contributed by atoms with van der Waals surface area (Å²) >= 11 is 3.03. The summed E-state index contributed by atoms with van der Waals surface area (Å²) < 4.78 is 13.7. The Hall–Kier alpha value is -1.01. The molecule has 0 spiro atoms. The van der Waals surface area contributed by atoms with Crippen molar-refractivity contribution >= 4 is 21.6 Å². The van der Waals surface area contributed by atoms with E-state index in [1.165, 1.54) is 18.2 Å². The number of hydrogen-bond donors (Lipinski definition) is 1. The monoisotopic (exact) mass is 276 g/mol. The van der Waals surface area contributed by atoms with Gasteiger partial charge in [0, 0.05) is 11.6 Å². The number of nitrogens with two attached hydrogens (primary N) is 1. The summed E-state index contributed by atoms with van der Waals surface area (Å²) in [5.74, 6) is 0. The summed E-state index contributed by atoms with van der Waals surface area (Å²) in [4.78, 5) is 10.0. The first-order valence-electron chi connectivity index (χ1n) is 4.35. The molecule has 0 saturated heterocycles. The Bertz CT molecular complexity index is 373. The number of halogens is 2. The highest BCUT2D eigenvalue weighted by molar-refractivity contribution is 9.10. The number of nitrogens with zero attached hydrogens (tertiary/aromatic N) is 1. The lowest BCUT2D eigenvalue weighted by Crippen LogP contribution is -2.04. The van der Waals surface area contributed by atoms with Gasteiger partial charge in [-0.05, 0) is 28.9 Å². The minimum atomic E-state index is -1.27. The van der Waals surface area contributed by atoms with Crippen molar-refractivity contribution in [2.75, 3.05) is 6.54 Å². The number of nitro benzene ring substituents is 1. The van der Waals surface area contributed by atoms with Gasteiger partial charge in [0.1, 0.15) is 10.6 Å². The van der Waals surface area contributed by atoms with Gasteiger partial charge < -0.3 is 5.73 Å². The topological polar surface area (TPSA) is 69.2 Å². The van der Waals surface area contributed by atoms with Gasteiger partial charge in [-0.2, -0.15) is 0 Å². The predicted octanol–water partition coefficient (Wildman–Crippen LogP) is 2.72. The molecular weight excluding hydrogens is 267 g/mol. The van der Waals surface area contributed by atoms with E-state index in [0.717, 1.165) is 0 Å². The van der Waals surface area contributed by atoms with Crippen LogP contribution < -0.4 is 5.73 Å². The summed E-state index contributed by atoms with van der Waals surface area (Å²) in [6.45, 7) is 0.205. The Morgan fingerprint density at radius 1 is 1.60 bits per heavy atom. The molecule has 1 aromatic rings. The SMILES string of the molecule is NCCC(F)c1cccc([N+](=O)[O-])c1Br. The van der Waals surface area contributed by atoms with Crippen LogP contribution in [0.25, 0.3) is 0 Å². The Labute approximate surface area is 94.6 Å². The van der Waals surface area contributed by atoms with E-state index in [9.17, 15) is 14.5 Å². The predicted molar refractivity (Wildman–Crippen MR) is 58.3 cm³/mol. The van der Waals surface area contributed by atoms with E-state index in [-0.39, 0.29) is 28.7 Å². The van der Waals surface area contributed by atoms with Crippen LogP contribution in [0.2, 0.25) is 0 Å². The van der Waals surface area contributed by atoms with Crippen molar-refractivity contribution in [3.05, 3.63) is 38.3 Å². The van der Waals surface area contributed by atoms with Gasteiger partial charge in [0.15, 0.2) is 0 Å². The molecule has 0 fully saturated rings. The molecule has 0 aliphatic carbocycles. The molecule has 1 atom stereocenters. The number of alkyl halides is 1. The van der Waals surface area contributed by atoms with Crippen LogP contribution in [-0.2, 0) is 0 Å². The van der Waals surface area contributed by atoms with Gasteiger partial charge in [-0.25, -0.2) is 4.39 Å². The molecule has 0 aliphatic rings. The van der Waals surface area contributed by atoms with Gasteiger partial charge in [0.25, 0.3) is 5.69 Å². The average molecular weight is 277 g/mol. The van der Waals surface area contributed by atoms with Gasteiger partial charge in [0.2, 0.25) is 0 Å². The fourth-order valence-corrected chi connectivity index (χ4v) is 1.88. The average Bonchev–Trinajstić information content (AvgIpc) is 2.17. The minimum absolute atomic E-state index is 0.132. The summed E-state index contributed by atoms with van der Waals surface area (Å²) in [5, 5.41) is 10.6. The van der Waals surface area contributed by atoms with Crippen LogP contribution in [0.15, 0.2) is 22.7 Å². The molecule has 1 rings (SSSR count). The van der Waals surface area contributed by atoms with Crippen LogP contribution in [0.5, 0.6) is 0 Å². The quantitative estimate of drug-likeness (QED) is 0.679. The van der Waals surface area contributed by atoms with Crippen molar-refractivity contribution in [3.63, 3.8) is 0 Å². The van der Waals surface area contributed by atoms with Crippen molar-refractivity contribution in [2.45, 2.75) is 12.6 Å². The van der Waals surface area contributed by atoms with E-state index in [1.54, 1.807) is 0 Å². The third-order valence-corrected chi connectivity index (χ3v) is 2.83. The Balaban J connectivity index is 3.09. The van der Waals surface area contributed by atoms with Crippen LogP contribution in [0.3, 0.4) is 0 Å². The zero-order chi connectivity index (χ0) is 11.4. The highest BCUT2D eigenvalue weighted by atomic mass is 79.9. The van der Waals surface area contributed by atoms with Gasteiger partial charge in [0.05, 0.1) is 4.92 Å². The molecule has 0 saturated carbocycles. The van der Waals surface area contributed by atoms with Crippen LogP contribution in [-0.4, -0.2) is 11.5 Å². The van der Waals surface area contributed by atoms with Gasteiger partial charge in [-0.3, -0.25) is 10.1 Å². The maximum absolute atomic E-state index is 13.5. The number of nitro groups is 1. The Morgan fingerprint density at radius 2 is 2.27 bits per heavy atom. The summed E-state index contributed by atoms with van der Waals surface area (Å²) in [6, 6.07) is 4.29. The van der Waals surface area contributed by atoms with E-state index < -0.39 is 11.1 Å². The van der Waals surface area contributed by atoms with Gasteiger partial charge >= 0.3 is 0 Å². The number of rotatable bonds is 4. The van der Waals surface area contributed by atoms with E-state index in [0.29, 0.717) is 0 Å². The minimum Gasteiger partial charge on any atom is -0.330 e. The molecule has 0 aliphatic heterocycles. The molecule has 0 heterocycles. The fraction of sp³-hybridized carbons (Fsp3) is 0.333. The first-order valence-corrected chi connectivity index (χ1v) is 5.14. The lowest BCUT2D eigenvalue weighted by atomic mass is 10.1. The van der Waals surface area contributed by atoms with Crippen molar-refractivity contribution in [1.82, 2.24) is 0 Å². The van der Waals surface area contributed by atoms with E-state index in [2.05, 4.69) is 15.9 Å². The van der Waals surface area contributed by atoms with E-state index >= 15 is 0 Å². The molecule has 2 N–H and O–H groups in total. The fourth-order valence-electron chi connectivity index (χ4n) is 1.22. The van der Waals surface area contributed by atoms with E-state index in [1.807, 2.05) is 0 Å². The van der Waals surface area contributed by atoms with E-state index in [4.69, 9.17) is 5.73 Å². The van der Waals surface area contributed by atoms with Crippen LogP contribution in [0, 0.1) is 10.1 Å². The smallest absolute Gasteiger partial charge is 0.283 e. The second kappa shape index (κ2) is 5.18. The summed E-state index contributed by atoms with van der Waals surface area (Å²) in [7, 11) is 0. The summed E-state index contributed by atoms with van der Waals surface area (Å²) in [5.41, 5.74) is 5.37. The van der Waals surface area contributed by atoms with Crippen molar-refractivity contribution < 1.29 is 9.31 Å². The number of hydrogen-bond acceptors (Lipinski definition) is 3. The Kier molecular flexibility index (Phi) is 4.16.